The molecular weight excluding hydrogens is 310 g/mol. The van der Waals surface area contributed by atoms with Gasteiger partial charge in [-0.25, -0.2) is 4.98 Å². The Morgan fingerprint density at radius 1 is 1.30 bits per heavy atom. The van der Waals surface area contributed by atoms with Crippen molar-refractivity contribution in [3.8, 4) is 10.7 Å². The Morgan fingerprint density at radius 2 is 2.15 bits per heavy atom. The van der Waals surface area contributed by atoms with Gasteiger partial charge in [0.05, 0.1) is 4.88 Å². The fourth-order valence-electron chi connectivity index (χ4n) is 1.60. The zero-order valence-corrected chi connectivity index (χ0v) is 13.7. The van der Waals surface area contributed by atoms with E-state index in [-0.39, 0.29) is 0 Å². The van der Waals surface area contributed by atoms with Gasteiger partial charge in [0.1, 0.15) is 5.82 Å². The molecule has 5 nitrogen and oxygen atoms in total. The zero-order valence-electron chi connectivity index (χ0n) is 11.3. The molecule has 0 spiro atoms. The van der Waals surface area contributed by atoms with E-state index in [1.807, 2.05) is 29.1 Å². The van der Waals surface area contributed by atoms with Crippen molar-refractivity contribution in [2.75, 3.05) is 0 Å². The second kappa shape index (κ2) is 5.63. The summed E-state index contributed by atoms with van der Waals surface area (Å²) in [6.45, 7) is 4.18. The first kappa shape index (κ1) is 13.7. The summed E-state index contributed by atoms with van der Waals surface area (Å²) in [7, 11) is 1.97. The SMILES string of the molecule is CC(C)c1nsc(Sc2nnc(-c3cccs3)n2C)n1. The van der Waals surface area contributed by atoms with Gasteiger partial charge in [-0.1, -0.05) is 19.9 Å². The van der Waals surface area contributed by atoms with Crippen LogP contribution in [0.25, 0.3) is 10.7 Å². The third-order valence-electron chi connectivity index (χ3n) is 2.69. The van der Waals surface area contributed by atoms with Crippen LogP contribution >= 0.6 is 34.6 Å². The average Bonchev–Trinajstić information content (AvgIpc) is 3.12. The lowest BCUT2D eigenvalue weighted by Crippen LogP contribution is -1.93. The lowest BCUT2D eigenvalue weighted by Gasteiger charge is -1.99. The van der Waals surface area contributed by atoms with Crippen LogP contribution < -0.4 is 0 Å². The monoisotopic (exact) mass is 323 g/mol. The largest absolute Gasteiger partial charge is 0.304 e. The number of aromatic nitrogens is 5. The first-order chi connectivity index (χ1) is 9.65. The molecule has 3 aromatic rings. The van der Waals surface area contributed by atoms with Crippen molar-refractivity contribution in [2.45, 2.75) is 29.3 Å². The van der Waals surface area contributed by atoms with Gasteiger partial charge in [-0.05, 0) is 34.7 Å². The van der Waals surface area contributed by atoms with Gasteiger partial charge in [0.15, 0.2) is 15.3 Å². The fraction of sp³-hybridized carbons (Fsp3) is 0.333. The van der Waals surface area contributed by atoms with Gasteiger partial charge >= 0.3 is 0 Å². The topological polar surface area (TPSA) is 56.5 Å². The first-order valence-electron chi connectivity index (χ1n) is 6.10. The second-order valence-electron chi connectivity index (χ2n) is 4.52. The first-order valence-corrected chi connectivity index (χ1v) is 8.57. The van der Waals surface area contributed by atoms with Crippen LogP contribution in [0.5, 0.6) is 0 Å². The molecule has 20 heavy (non-hydrogen) atoms. The summed E-state index contributed by atoms with van der Waals surface area (Å²) in [6.07, 6.45) is 0. The molecule has 3 rings (SSSR count). The number of hydrogen-bond acceptors (Lipinski definition) is 7. The number of thiophene rings is 1. The number of hydrogen-bond donors (Lipinski definition) is 0. The van der Waals surface area contributed by atoms with Crippen LogP contribution in [0.3, 0.4) is 0 Å². The third-order valence-corrected chi connectivity index (χ3v) is 5.36. The highest BCUT2D eigenvalue weighted by Gasteiger charge is 2.15. The smallest absolute Gasteiger partial charge is 0.198 e. The molecule has 8 heteroatoms. The van der Waals surface area contributed by atoms with Gasteiger partial charge in [-0.3, -0.25) is 0 Å². The van der Waals surface area contributed by atoms with E-state index < -0.39 is 0 Å². The predicted octanol–water partition coefficient (Wildman–Crippen LogP) is 3.67. The van der Waals surface area contributed by atoms with Crippen LogP contribution in [0.15, 0.2) is 27.0 Å². The summed E-state index contributed by atoms with van der Waals surface area (Å²) in [4.78, 5) is 5.63. The van der Waals surface area contributed by atoms with Crippen molar-refractivity contribution in [1.82, 2.24) is 24.1 Å². The summed E-state index contributed by atoms with van der Waals surface area (Å²) in [6, 6.07) is 4.06. The molecule has 0 aliphatic carbocycles. The minimum absolute atomic E-state index is 0.349. The van der Waals surface area contributed by atoms with Crippen LogP contribution in [-0.4, -0.2) is 24.1 Å². The van der Waals surface area contributed by atoms with Gasteiger partial charge in [0, 0.05) is 13.0 Å². The molecule has 3 heterocycles. The Bertz CT molecular complexity index is 699. The third kappa shape index (κ3) is 2.63. The molecule has 0 N–H and O–H groups in total. The molecule has 0 amide bonds. The van der Waals surface area contributed by atoms with Gasteiger partial charge in [-0.15, -0.1) is 21.5 Å². The van der Waals surface area contributed by atoms with E-state index in [0.717, 1.165) is 26.0 Å². The number of nitrogens with zero attached hydrogens (tertiary/aromatic N) is 5. The molecular formula is C12H13N5S3. The van der Waals surface area contributed by atoms with Gasteiger partial charge in [-0.2, -0.15) is 4.37 Å². The molecule has 3 aromatic heterocycles. The van der Waals surface area contributed by atoms with Crippen molar-refractivity contribution in [3.05, 3.63) is 23.3 Å². The van der Waals surface area contributed by atoms with Crippen molar-refractivity contribution in [1.29, 1.82) is 0 Å². The van der Waals surface area contributed by atoms with Crippen molar-refractivity contribution >= 4 is 34.6 Å². The van der Waals surface area contributed by atoms with E-state index in [9.17, 15) is 0 Å². The highest BCUT2D eigenvalue weighted by atomic mass is 32.2. The summed E-state index contributed by atoms with van der Waals surface area (Å²) in [5.74, 6) is 2.12. The van der Waals surface area contributed by atoms with Crippen molar-refractivity contribution in [3.63, 3.8) is 0 Å². The lowest BCUT2D eigenvalue weighted by atomic mass is 10.2. The van der Waals surface area contributed by atoms with Crippen LogP contribution in [0.2, 0.25) is 0 Å². The van der Waals surface area contributed by atoms with E-state index in [0.29, 0.717) is 5.92 Å². The summed E-state index contributed by atoms with van der Waals surface area (Å²) < 4.78 is 7.25. The molecule has 104 valence electrons. The molecule has 0 bridgehead atoms. The standard InChI is InChI=1S/C12H13N5S3/c1-7(2)9-13-12(20-16-9)19-11-15-14-10(17(11)3)8-5-4-6-18-8/h4-7H,1-3H3. The maximum absolute atomic E-state index is 4.51. The van der Waals surface area contributed by atoms with Crippen LogP contribution in [0, 0.1) is 0 Å². The van der Waals surface area contributed by atoms with E-state index in [1.54, 1.807) is 11.3 Å². The highest BCUT2D eigenvalue weighted by Crippen LogP contribution is 2.31. The molecule has 0 aromatic carbocycles. The Kier molecular flexibility index (Phi) is 3.86. The normalized spacial score (nSPS) is 11.4. The fourth-order valence-corrected chi connectivity index (χ4v) is 3.98. The van der Waals surface area contributed by atoms with Crippen molar-refractivity contribution < 1.29 is 0 Å². The minimum Gasteiger partial charge on any atom is -0.304 e. The average molecular weight is 323 g/mol. The van der Waals surface area contributed by atoms with E-state index >= 15 is 0 Å². The molecule has 0 saturated carbocycles. The van der Waals surface area contributed by atoms with Gasteiger partial charge in [0.2, 0.25) is 0 Å². The Labute approximate surface area is 129 Å². The Balaban J connectivity index is 1.84. The molecule has 0 atom stereocenters. The molecule has 0 fully saturated rings. The highest BCUT2D eigenvalue weighted by molar-refractivity contribution is 8.00. The van der Waals surface area contributed by atoms with E-state index in [2.05, 4.69) is 33.4 Å². The maximum atomic E-state index is 4.51. The summed E-state index contributed by atoms with van der Waals surface area (Å²) in [5, 5.41) is 11.4. The molecule has 0 saturated heterocycles. The maximum Gasteiger partial charge on any atom is 0.198 e. The Morgan fingerprint density at radius 3 is 2.80 bits per heavy atom. The summed E-state index contributed by atoms with van der Waals surface area (Å²) >= 11 is 4.58. The molecule has 0 aliphatic heterocycles. The summed E-state index contributed by atoms with van der Waals surface area (Å²) in [5.41, 5.74) is 0. The van der Waals surface area contributed by atoms with Crippen LogP contribution in [0.1, 0.15) is 25.6 Å². The second-order valence-corrected chi connectivity index (χ2v) is 7.43. The minimum atomic E-state index is 0.349. The molecule has 0 unspecified atom stereocenters. The molecule has 0 aliphatic rings. The zero-order chi connectivity index (χ0) is 14.1. The predicted molar refractivity (Wildman–Crippen MR) is 82.4 cm³/mol. The van der Waals surface area contributed by atoms with Gasteiger partial charge in [0.25, 0.3) is 0 Å². The van der Waals surface area contributed by atoms with Gasteiger partial charge < -0.3 is 4.57 Å². The van der Waals surface area contributed by atoms with Crippen molar-refractivity contribution in [2.24, 2.45) is 7.05 Å². The quantitative estimate of drug-likeness (QED) is 0.733. The van der Waals surface area contributed by atoms with E-state index in [1.165, 1.54) is 23.3 Å². The Hall–Kier alpha value is -1.25. The lowest BCUT2D eigenvalue weighted by molar-refractivity contribution is 0.782. The molecule has 0 radical (unpaired) electrons. The van der Waals surface area contributed by atoms with E-state index in [4.69, 9.17) is 0 Å². The number of rotatable bonds is 4. The van der Waals surface area contributed by atoms with Crippen LogP contribution in [-0.2, 0) is 7.05 Å². The van der Waals surface area contributed by atoms with Crippen LogP contribution in [0.4, 0.5) is 0 Å².